The summed E-state index contributed by atoms with van der Waals surface area (Å²) in [5, 5.41) is 0. The highest BCUT2D eigenvalue weighted by Gasteiger charge is 2.25. The average Bonchev–Trinajstić information content (AvgIpc) is 3.16. The monoisotopic (exact) mass is 403 g/mol. The average molecular weight is 404 g/mol. The number of hydrogen-bond donors (Lipinski definition) is 0. The second-order valence-corrected chi connectivity index (χ2v) is 7.74. The molecule has 2 aromatic carbocycles. The first-order chi connectivity index (χ1) is 14.5. The third-order valence-electron chi connectivity index (χ3n) is 5.18. The lowest BCUT2D eigenvalue weighted by Gasteiger charge is -2.30. The summed E-state index contributed by atoms with van der Waals surface area (Å²) in [6.45, 7) is 4.90. The maximum Gasteiger partial charge on any atom is 0.254 e. The quantitative estimate of drug-likeness (QED) is 0.568. The Morgan fingerprint density at radius 3 is 2.07 bits per heavy atom. The minimum Gasteiger partial charge on any atom is -0.353 e. The van der Waals surface area contributed by atoms with Crippen molar-refractivity contribution < 1.29 is 9.59 Å². The maximum atomic E-state index is 13.4. The van der Waals surface area contributed by atoms with Crippen molar-refractivity contribution in [2.75, 3.05) is 6.54 Å². The summed E-state index contributed by atoms with van der Waals surface area (Å²) in [5.74, 6) is -0.199. The van der Waals surface area contributed by atoms with Gasteiger partial charge in [0.15, 0.2) is 0 Å². The molecule has 0 aliphatic rings. The van der Waals surface area contributed by atoms with E-state index in [9.17, 15) is 9.59 Å². The van der Waals surface area contributed by atoms with E-state index >= 15 is 0 Å². The van der Waals surface area contributed by atoms with Gasteiger partial charge in [-0.15, -0.1) is 0 Å². The SMILES string of the molecule is CC(C)N(CC(=O)N(Cc1ccccc1)Cc1cccn1C)C(=O)c1ccccc1. The van der Waals surface area contributed by atoms with Gasteiger partial charge in [0.05, 0.1) is 6.54 Å². The molecule has 3 rings (SSSR count). The first kappa shape index (κ1) is 21.4. The fourth-order valence-electron chi connectivity index (χ4n) is 3.37. The largest absolute Gasteiger partial charge is 0.353 e. The molecule has 0 saturated carbocycles. The van der Waals surface area contributed by atoms with Crippen molar-refractivity contribution in [1.82, 2.24) is 14.4 Å². The van der Waals surface area contributed by atoms with Crippen LogP contribution in [0.3, 0.4) is 0 Å². The van der Waals surface area contributed by atoms with Gasteiger partial charge in [-0.05, 0) is 43.7 Å². The summed E-state index contributed by atoms with van der Waals surface area (Å²) >= 11 is 0. The van der Waals surface area contributed by atoms with E-state index in [1.807, 2.05) is 97.2 Å². The summed E-state index contributed by atoms with van der Waals surface area (Å²) < 4.78 is 2.01. The highest BCUT2D eigenvalue weighted by molar-refractivity contribution is 5.96. The molecule has 156 valence electrons. The number of carbonyl (C=O) groups excluding carboxylic acids is 2. The van der Waals surface area contributed by atoms with Crippen LogP contribution < -0.4 is 0 Å². The van der Waals surface area contributed by atoms with Gasteiger partial charge in [0, 0.05) is 37.1 Å². The molecule has 0 aliphatic carbocycles. The van der Waals surface area contributed by atoms with Gasteiger partial charge in [-0.1, -0.05) is 48.5 Å². The van der Waals surface area contributed by atoms with Crippen LogP contribution >= 0.6 is 0 Å². The van der Waals surface area contributed by atoms with Crippen molar-refractivity contribution in [3.05, 3.63) is 95.8 Å². The van der Waals surface area contributed by atoms with Gasteiger partial charge >= 0.3 is 0 Å². The Hall–Kier alpha value is -3.34. The van der Waals surface area contributed by atoms with Crippen molar-refractivity contribution in [3.8, 4) is 0 Å². The highest BCUT2D eigenvalue weighted by atomic mass is 16.2. The number of rotatable bonds is 8. The molecule has 0 saturated heterocycles. The molecule has 2 amide bonds. The van der Waals surface area contributed by atoms with Crippen molar-refractivity contribution in [2.24, 2.45) is 7.05 Å². The smallest absolute Gasteiger partial charge is 0.254 e. The molecular weight excluding hydrogens is 374 g/mol. The van der Waals surface area contributed by atoms with Crippen LogP contribution in [0, 0.1) is 0 Å². The van der Waals surface area contributed by atoms with Crippen molar-refractivity contribution >= 4 is 11.8 Å². The Balaban J connectivity index is 1.81. The molecule has 3 aromatic rings. The van der Waals surface area contributed by atoms with E-state index in [1.165, 1.54) is 0 Å². The zero-order valence-corrected chi connectivity index (χ0v) is 17.9. The van der Waals surface area contributed by atoms with Crippen LogP contribution in [0.5, 0.6) is 0 Å². The standard InChI is InChI=1S/C25H29N3O2/c1-20(2)28(25(30)22-13-8-5-9-14-22)19-24(29)27(17-21-11-6-4-7-12-21)18-23-15-10-16-26(23)3/h4-16,20H,17-19H2,1-3H3. The third-order valence-corrected chi connectivity index (χ3v) is 5.18. The lowest BCUT2D eigenvalue weighted by molar-refractivity contribution is -0.133. The van der Waals surface area contributed by atoms with Crippen LogP contribution in [0.15, 0.2) is 79.0 Å². The summed E-state index contributed by atoms with van der Waals surface area (Å²) in [6.07, 6.45) is 1.97. The van der Waals surface area contributed by atoms with Crippen LogP contribution in [0.25, 0.3) is 0 Å². The van der Waals surface area contributed by atoms with E-state index in [1.54, 1.807) is 17.0 Å². The molecule has 0 radical (unpaired) electrons. The minimum absolute atomic E-state index is 0.0443. The van der Waals surface area contributed by atoms with Crippen molar-refractivity contribution in [2.45, 2.75) is 33.0 Å². The molecule has 0 fully saturated rings. The van der Waals surface area contributed by atoms with Crippen LogP contribution in [-0.4, -0.2) is 38.8 Å². The summed E-state index contributed by atoms with van der Waals surface area (Å²) in [7, 11) is 1.97. The second kappa shape index (κ2) is 9.92. The number of benzene rings is 2. The highest BCUT2D eigenvalue weighted by Crippen LogP contribution is 2.14. The molecule has 5 nitrogen and oxygen atoms in total. The summed E-state index contributed by atoms with van der Waals surface area (Å²) in [4.78, 5) is 29.8. The van der Waals surface area contributed by atoms with E-state index < -0.39 is 0 Å². The Labute approximate surface area is 178 Å². The van der Waals surface area contributed by atoms with Crippen molar-refractivity contribution in [1.29, 1.82) is 0 Å². The fraction of sp³-hybridized carbons (Fsp3) is 0.280. The van der Waals surface area contributed by atoms with Crippen LogP contribution in [0.2, 0.25) is 0 Å². The Kier molecular flexibility index (Phi) is 7.07. The molecule has 0 bridgehead atoms. The zero-order chi connectivity index (χ0) is 21.5. The number of nitrogens with zero attached hydrogens (tertiary/aromatic N) is 3. The van der Waals surface area contributed by atoms with Gasteiger partial charge in [0.1, 0.15) is 6.54 Å². The van der Waals surface area contributed by atoms with E-state index in [0.29, 0.717) is 18.7 Å². The topological polar surface area (TPSA) is 45.6 Å². The Morgan fingerprint density at radius 1 is 0.867 bits per heavy atom. The molecule has 0 atom stereocenters. The molecule has 5 heteroatoms. The molecule has 0 unspecified atom stereocenters. The van der Waals surface area contributed by atoms with Gasteiger partial charge in [-0.2, -0.15) is 0 Å². The summed E-state index contributed by atoms with van der Waals surface area (Å²) in [6, 6.07) is 23.0. The predicted molar refractivity (Wildman–Crippen MR) is 119 cm³/mol. The van der Waals surface area contributed by atoms with Crippen LogP contribution in [0.4, 0.5) is 0 Å². The number of amides is 2. The molecule has 0 N–H and O–H groups in total. The van der Waals surface area contributed by atoms with E-state index in [4.69, 9.17) is 0 Å². The van der Waals surface area contributed by atoms with Gasteiger partial charge in [0.25, 0.3) is 5.91 Å². The van der Waals surface area contributed by atoms with Crippen LogP contribution in [0.1, 0.15) is 35.5 Å². The lowest BCUT2D eigenvalue weighted by Crippen LogP contribution is -2.45. The number of aromatic nitrogens is 1. The normalized spacial score (nSPS) is 10.8. The third kappa shape index (κ3) is 5.38. The van der Waals surface area contributed by atoms with E-state index in [0.717, 1.165) is 11.3 Å². The fourth-order valence-corrected chi connectivity index (χ4v) is 3.37. The molecule has 1 aromatic heterocycles. The lowest BCUT2D eigenvalue weighted by atomic mass is 10.1. The molecule has 30 heavy (non-hydrogen) atoms. The van der Waals surface area contributed by atoms with Gasteiger partial charge in [-0.3, -0.25) is 9.59 Å². The van der Waals surface area contributed by atoms with Gasteiger partial charge < -0.3 is 14.4 Å². The number of carbonyl (C=O) groups is 2. The number of aryl methyl sites for hydroxylation is 1. The number of hydrogen-bond acceptors (Lipinski definition) is 2. The first-order valence-electron chi connectivity index (χ1n) is 10.2. The van der Waals surface area contributed by atoms with Crippen LogP contribution in [-0.2, 0) is 24.9 Å². The van der Waals surface area contributed by atoms with E-state index in [2.05, 4.69) is 0 Å². The Bertz CT molecular complexity index is 964. The first-order valence-corrected chi connectivity index (χ1v) is 10.2. The second-order valence-electron chi connectivity index (χ2n) is 7.74. The summed E-state index contributed by atoms with van der Waals surface area (Å²) in [5.41, 5.74) is 2.70. The molecule has 1 heterocycles. The minimum atomic E-state index is -0.127. The molecular formula is C25H29N3O2. The zero-order valence-electron chi connectivity index (χ0n) is 17.9. The van der Waals surface area contributed by atoms with Gasteiger partial charge in [-0.25, -0.2) is 0 Å². The van der Waals surface area contributed by atoms with Gasteiger partial charge in [0.2, 0.25) is 5.91 Å². The van der Waals surface area contributed by atoms with Crippen molar-refractivity contribution in [3.63, 3.8) is 0 Å². The Morgan fingerprint density at radius 2 is 1.50 bits per heavy atom. The van der Waals surface area contributed by atoms with E-state index in [-0.39, 0.29) is 24.4 Å². The molecule has 0 aliphatic heterocycles. The predicted octanol–water partition coefficient (Wildman–Crippen LogP) is 4.10. The maximum absolute atomic E-state index is 13.4. The molecule has 0 spiro atoms.